The molecule has 3 aromatic rings. The standard InChI is InChI=1S/C19H19N3O3S2/c1-3-11-22(13-18(23)21-19-20-12-14(2)26-19)27(24,25)17-10-6-8-15-7-4-5-9-16(15)17/h3-10,12H,1,11,13H2,2H3,(H,20,21,23). The van der Waals surface area contributed by atoms with Gasteiger partial charge in [-0.1, -0.05) is 42.5 Å². The van der Waals surface area contributed by atoms with E-state index in [4.69, 9.17) is 0 Å². The molecule has 27 heavy (non-hydrogen) atoms. The molecule has 0 radical (unpaired) electrons. The second kappa shape index (κ2) is 7.99. The van der Waals surface area contributed by atoms with Crippen LogP contribution >= 0.6 is 11.3 Å². The van der Waals surface area contributed by atoms with Crippen molar-refractivity contribution >= 4 is 43.2 Å². The number of thiazole rings is 1. The Morgan fingerprint density at radius 1 is 1.26 bits per heavy atom. The van der Waals surface area contributed by atoms with E-state index in [0.717, 1.165) is 14.6 Å². The van der Waals surface area contributed by atoms with Crippen molar-refractivity contribution < 1.29 is 13.2 Å². The second-order valence-electron chi connectivity index (χ2n) is 5.89. The van der Waals surface area contributed by atoms with Crippen LogP contribution < -0.4 is 5.32 Å². The van der Waals surface area contributed by atoms with E-state index in [2.05, 4.69) is 16.9 Å². The summed E-state index contributed by atoms with van der Waals surface area (Å²) in [5.74, 6) is -0.449. The molecule has 0 bridgehead atoms. The quantitative estimate of drug-likeness (QED) is 0.615. The number of anilines is 1. The van der Waals surface area contributed by atoms with Crippen molar-refractivity contribution in [3.63, 3.8) is 0 Å². The van der Waals surface area contributed by atoms with E-state index < -0.39 is 15.9 Å². The molecule has 0 unspecified atom stereocenters. The van der Waals surface area contributed by atoms with Crippen molar-refractivity contribution in [1.29, 1.82) is 0 Å². The van der Waals surface area contributed by atoms with Crippen LogP contribution in [-0.2, 0) is 14.8 Å². The number of amides is 1. The molecular weight excluding hydrogens is 382 g/mol. The van der Waals surface area contributed by atoms with E-state index in [1.54, 1.807) is 30.5 Å². The van der Waals surface area contributed by atoms with Crippen LogP contribution in [0.4, 0.5) is 5.13 Å². The topological polar surface area (TPSA) is 79.4 Å². The van der Waals surface area contributed by atoms with E-state index in [9.17, 15) is 13.2 Å². The van der Waals surface area contributed by atoms with Crippen LogP contribution in [0.3, 0.4) is 0 Å². The number of aryl methyl sites for hydroxylation is 1. The molecule has 6 nitrogen and oxygen atoms in total. The first kappa shape index (κ1) is 19.2. The third kappa shape index (κ3) is 4.24. The van der Waals surface area contributed by atoms with Crippen LogP contribution in [0.1, 0.15) is 4.88 Å². The maximum Gasteiger partial charge on any atom is 0.244 e. The van der Waals surface area contributed by atoms with Gasteiger partial charge in [-0.25, -0.2) is 13.4 Å². The first-order valence-electron chi connectivity index (χ1n) is 8.23. The highest BCUT2D eigenvalue weighted by Gasteiger charge is 2.27. The van der Waals surface area contributed by atoms with Gasteiger partial charge in [0.1, 0.15) is 0 Å². The van der Waals surface area contributed by atoms with E-state index in [-0.39, 0.29) is 18.0 Å². The molecule has 0 saturated carbocycles. The number of fused-ring (bicyclic) bond motifs is 1. The lowest BCUT2D eigenvalue weighted by atomic mass is 10.1. The highest BCUT2D eigenvalue weighted by atomic mass is 32.2. The van der Waals surface area contributed by atoms with E-state index in [1.807, 2.05) is 25.1 Å². The Labute approximate surface area is 162 Å². The SMILES string of the molecule is C=CCN(CC(=O)Nc1ncc(C)s1)S(=O)(=O)c1cccc2ccccc12. The Morgan fingerprint density at radius 3 is 2.70 bits per heavy atom. The van der Waals surface area contributed by atoms with Gasteiger partial charge in [0.05, 0.1) is 11.4 Å². The Hall–Kier alpha value is -2.55. The lowest BCUT2D eigenvalue weighted by Crippen LogP contribution is -2.38. The van der Waals surface area contributed by atoms with Crippen molar-refractivity contribution in [3.8, 4) is 0 Å². The molecule has 1 heterocycles. The zero-order valence-electron chi connectivity index (χ0n) is 14.8. The Morgan fingerprint density at radius 2 is 2.00 bits per heavy atom. The lowest BCUT2D eigenvalue weighted by Gasteiger charge is -2.21. The highest BCUT2D eigenvalue weighted by molar-refractivity contribution is 7.89. The molecule has 3 rings (SSSR count). The first-order valence-corrected chi connectivity index (χ1v) is 10.5. The summed E-state index contributed by atoms with van der Waals surface area (Å²) < 4.78 is 27.5. The number of nitrogens with one attached hydrogen (secondary N) is 1. The molecule has 1 aromatic heterocycles. The summed E-state index contributed by atoms with van der Waals surface area (Å²) in [4.78, 5) is 17.6. The number of carbonyl (C=O) groups excluding carboxylic acids is 1. The maximum atomic E-state index is 13.2. The molecule has 0 fully saturated rings. The summed E-state index contributed by atoms with van der Waals surface area (Å²) in [5.41, 5.74) is 0. The zero-order chi connectivity index (χ0) is 19.4. The van der Waals surface area contributed by atoms with Crippen molar-refractivity contribution in [3.05, 3.63) is 66.2 Å². The molecule has 0 aliphatic carbocycles. The Kier molecular flexibility index (Phi) is 5.69. The summed E-state index contributed by atoms with van der Waals surface area (Å²) in [6, 6.07) is 12.3. The van der Waals surface area contributed by atoms with Gasteiger partial charge in [-0.05, 0) is 18.4 Å². The lowest BCUT2D eigenvalue weighted by molar-refractivity contribution is -0.116. The summed E-state index contributed by atoms with van der Waals surface area (Å²) in [5, 5.41) is 4.52. The number of hydrogen-bond acceptors (Lipinski definition) is 5. The van der Waals surface area contributed by atoms with Gasteiger partial charge in [-0.3, -0.25) is 4.79 Å². The minimum Gasteiger partial charge on any atom is -0.301 e. The van der Waals surface area contributed by atoms with Crippen LogP contribution in [0.5, 0.6) is 0 Å². The highest BCUT2D eigenvalue weighted by Crippen LogP contribution is 2.26. The maximum absolute atomic E-state index is 13.2. The first-order chi connectivity index (χ1) is 12.9. The fraction of sp³-hybridized carbons (Fsp3) is 0.158. The molecule has 0 saturated heterocycles. The van der Waals surface area contributed by atoms with Crippen LogP contribution in [0.25, 0.3) is 10.8 Å². The molecule has 0 atom stereocenters. The van der Waals surface area contributed by atoms with Crippen LogP contribution in [0.2, 0.25) is 0 Å². The molecule has 0 spiro atoms. The average Bonchev–Trinajstić information content (AvgIpc) is 3.05. The van der Waals surface area contributed by atoms with E-state index >= 15 is 0 Å². The van der Waals surface area contributed by atoms with E-state index in [0.29, 0.717) is 10.5 Å². The minimum atomic E-state index is -3.89. The number of benzene rings is 2. The van der Waals surface area contributed by atoms with Gasteiger partial charge in [-0.2, -0.15) is 4.31 Å². The normalized spacial score (nSPS) is 11.6. The number of sulfonamides is 1. The molecule has 1 amide bonds. The second-order valence-corrected chi connectivity index (χ2v) is 9.03. The molecule has 2 aromatic carbocycles. The third-order valence-corrected chi connectivity index (χ3v) is 6.59. The fourth-order valence-corrected chi connectivity index (χ4v) is 4.94. The van der Waals surface area contributed by atoms with Crippen molar-refractivity contribution in [2.24, 2.45) is 0 Å². The summed E-state index contributed by atoms with van der Waals surface area (Å²) in [6.45, 7) is 5.19. The largest absolute Gasteiger partial charge is 0.301 e. The molecule has 0 aliphatic rings. The van der Waals surface area contributed by atoms with E-state index in [1.165, 1.54) is 17.4 Å². The van der Waals surface area contributed by atoms with Gasteiger partial charge in [0.15, 0.2) is 5.13 Å². The predicted molar refractivity (Wildman–Crippen MR) is 108 cm³/mol. The number of aromatic nitrogens is 1. The number of carbonyl (C=O) groups is 1. The van der Waals surface area contributed by atoms with Crippen LogP contribution in [0.15, 0.2) is 66.2 Å². The van der Waals surface area contributed by atoms with Gasteiger partial charge in [-0.15, -0.1) is 17.9 Å². The molecule has 0 aliphatic heterocycles. The van der Waals surface area contributed by atoms with Gasteiger partial charge in [0, 0.05) is 23.0 Å². The monoisotopic (exact) mass is 401 g/mol. The fourth-order valence-electron chi connectivity index (χ4n) is 2.68. The smallest absolute Gasteiger partial charge is 0.244 e. The number of nitrogens with zero attached hydrogens (tertiary/aromatic N) is 2. The van der Waals surface area contributed by atoms with Gasteiger partial charge in [0.25, 0.3) is 0 Å². The predicted octanol–water partition coefficient (Wildman–Crippen LogP) is 3.42. The zero-order valence-corrected chi connectivity index (χ0v) is 16.4. The van der Waals surface area contributed by atoms with Gasteiger partial charge >= 0.3 is 0 Å². The van der Waals surface area contributed by atoms with Crippen molar-refractivity contribution in [2.75, 3.05) is 18.4 Å². The van der Waals surface area contributed by atoms with Crippen molar-refractivity contribution in [2.45, 2.75) is 11.8 Å². The molecule has 1 N–H and O–H groups in total. The average molecular weight is 402 g/mol. The van der Waals surface area contributed by atoms with Crippen LogP contribution in [0, 0.1) is 6.92 Å². The third-order valence-electron chi connectivity index (χ3n) is 3.89. The minimum absolute atomic E-state index is 0.0237. The number of hydrogen-bond donors (Lipinski definition) is 1. The van der Waals surface area contributed by atoms with Gasteiger partial charge < -0.3 is 5.32 Å². The molecular formula is C19H19N3O3S2. The van der Waals surface area contributed by atoms with Crippen LogP contribution in [-0.4, -0.2) is 36.7 Å². The Balaban J connectivity index is 1.90. The summed E-state index contributed by atoms with van der Waals surface area (Å²) in [7, 11) is -3.89. The van der Waals surface area contributed by atoms with Crippen molar-refractivity contribution in [1.82, 2.24) is 9.29 Å². The summed E-state index contributed by atoms with van der Waals surface area (Å²) in [6.07, 6.45) is 3.11. The number of rotatable bonds is 7. The van der Waals surface area contributed by atoms with Gasteiger partial charge in [0.2, 0.25) is 15.9 Å². The Bertz CT molecular complexity index is 1090. The molecule has 8 heteroatoms. The molecule has 140 valence electrons. The summed E-state index contributed by atoms with van der Waals surface area (Å²) >= 11 is 1.33.